The normalized spacial score (nSPS) is 25.7. The van der Waals surface area contributed by atoms with E-state index in [1.165, 1.54) is 0 Å². The topological polar surface area (TPSA) is 87.7 Å². The molecule has 0 bridgehead atoms. The smallest absolute Gasteiger partial charge is 0.315 e. The number of rotatable bonds is 4. The molecule has 114 valence electrons. The summed E-state index contributed by atoms with van der Waals surface area (Å²) in [6, 6.07) is -0.248. The number of aliphatic carboxylic acids is 1. The standard InChI is InChI=1S/C14H24N2O4/c17-12(18)14(6-2-1-3-7-14)10-15-13(19)16-11-5-4-8-20-9-11/h11H,1-10H2,(H,17,18)(H2,15,16,19). The zero-order chi connectivity index (χ0) is 14.4. The minimum absolute atomic E-state index is 0.0379. The van der Waals surface area contributed by atoms with Gasteiger partial charge in [0.2, 0.25) is 0 Å². The van der Waals surface area contributed by atoms with Crippen LogP contribution in [0, 0.1) is 5.41 Å². The number of urea groups is 1. The first-order chi connectivity index (χ1) is 9.62. The monoisotopic (exact) mass is 284 g/mol. The van der Waals surface area contributed by atoms with Crippen molar-refractivity contribution in [2.24, 2.45) is 5.41 Å². The van der Waals surface area contributed by atoms with E-state index in [-0.39, 0.29) is 18.6 Å². The van der Waals surface area contributed by atoms with E-state index in [0.717, 1.165) is 38.7 Å². The second-order valence-corrected chi connectivity index (χ2v) is 5.89. The molecule has 1 saturated heterocycles. The number of ether oxygens (including phenoxy) is 1. The Labute approximate surface area is 119 Å². The quantitative estimate of drug-likeness (QED) is 0.730. The maximum absolute atomic E-state index is 11.8. The van der Waals surface area contributed by atoms with Crippen LogP contribution in [0.5, 0.6) is 0 Å². The Bertz CT molecular complexity index is 347. The van der Waals surface area contributed by atoms with Crippen LogP contribution in [0.15, 0.2) is 0 Å². The summed E-state index contributed by atoms with van der Waals surface area (Å²) in [7, 11) is 0. The third-order valence-corrected chi connectivity index (χ3v) is 4.35. The summed E-state index contributed by atoms with van der Waals surface area (Å²) in [5, 5.41) is 15.0. The Kier molecular flexibility index (Phi) is 5.23. The molecule has 0 aromatic carbocycles. The summed E-state index contributed by atoms with van der Waals surface area (Å²) < 4.78 is 5.30. The molecular weight excluding hydrogens is 260 g/mol. The van der Waals surface area contributed by atoms with Crippen LogP contribution in [-0.2, 0) is 9.53 Å². The number of amides is 2. The van der Waals surface area contributed by atoms with Crippen LogP contribution in [0.2, 0.25) is 0 Å². The molecule has 2 amide bonds. The molecule has 1 heterocycles. The van der Waals surface area contributed by atoms with Crippen LogP contribution in [0.4, 0.5) is 4.79 Å². The third kappa shape index (κ3) is 3.85. The van der Waals surface area contributed by atoms with Gasteiger partial charge >= 0.3 is 12.0 Å². The van der Waals surface area contributed by atoms with Crippen LogP contribution in [0.3, 0.4) is 0 Å². The van der Waals surface area contributed by atoms with Crippen molar-refractivity contribution in [1.29, 1.82) is 0 Å². The van der Waals surface area contributed by atoms with Crippen molar-refractivity contribution >= 4 is 12.0 Å². The average molecular weight is 284 g/mol. The molecule has 2 aliphatic rings. The lowest BCUT2D eigenvalue weighted by atomic mass is 9.74. The summed E-state index contributed by atoms with van der Waals surface area (Å²) in [6.45, 7) is 1.50. The number of hydrogen-bond donors (Lipinski definition) is 3. The van der Waals surface area contributed by atoms with E-state index in [4.69, 9.17) is 4.74 Å². The first kappa shape index (κ1) is 15.1. The summed E-state index contributed by atoms with van der Waals surface area (Å²) in [6.07, 6.45) is 6.09. The van der Waals surface area contributed by atoms with Crippen molar-refractivity contribution in [3.63, 3.8) is 0 Å². The van der Waals surface area contributed by atoms with Gasteiger partial charge in [-0.05, 0) is 25.7 Å². The maximum atomic E-state index is 11.8. The van der Waals surface area contributed by atoms with E-state index < -0.39 is 11.4 Å². The SMILES string of the molecule is O=C(NCC1(C(=O)O)CCCCC1)NC1CCCOC1. The van der Waals surface area contributed by atoms with Crippen molar-refractivity contribution in [2.75, 3.05) is 19.8 Å². The highest BCUT2D eigenvalue weighted by Crippen LogP contribution is 2.35. The van der Waals surface area contributed by atoms with Gasteiger partial charge in [-0.1, -0.05) is 19.3 Å². The van der Waals surface area contributed by atoms with Crippen LogP contribution >= 0.6 is 0 Å². The first-order valence-electron chi connectivity index (χ1n) is 7.48. The lowest BCUT2D eigenvalue weighted by molar-refractivity contribution is -0.150. The lowest BCUT2D eigenvalue weighted by Gasteiger charge is -2.33. The lowest BCUT2D eigenvalue weighted by Crippen LogP contribution is -2.50. The fourth-order valence-electron chi connectivity index (χ4n) is 3.04. The molecule has 0 radical (unpaired) electrons. The number of carbonyl (C=O) groups excluding carboxylic acids is 1. The Hall–Kier alpha value is -1.30. The van der Waals surface area contributed by atoms with Gasteiger partial charge in [-0.2, -0.15) is 0 Å². The van der Waals surface area contributed by atoms with Gasteiger partial charge in [-0.15, -0.1) is 0 Å². The van der Waals surface area contributed by atoms with Crippen LogP contribution < -0.4 is 10.6 Å². The Morgan fingerprint density at radius 1 is 1.20 bits per heavy atom. The summed E-state index contributed by atoms with van der Waals surface area (Å²) in [5.74, 6) is -0.793. The summed E-state index contributed by atoms with van der Waals surface area (Å²) >= 11 is 0. The molecule has 0 spiro atoms. The Balaban J connectivity index is 1.79. The molecule has 0 aromatic rings. The molecular formula is C14H24N2O4. The summed E-state index contributed by atoms with van der Waals surface area (Å²) in [5.41, 5.74) is -0.779. The van der Waals surface area contributed by atoms with Crippen molar-refractivity contribution in [1.82, 2.24) is 10.6 Å². The molecule has 0 aromatic heterocycles. The van der Waals surface area contributed by atoms with Gasteiger partial charge in [0, 0.05) is 13.2 Å². The van der Waals surface area contributed by atoms with Crippen molar-refractivity contribution in [3.8, 4) is 0 Å². The molecule has 1 aliphatic carbocycles. The van der Waals surface area contributed by atoms with Gasteiger partial charge in [0.05, 0.1) is 18.1 Å². The number of carboxylic acid groups (broad SMARTS) is 1. The van der Waals surface area contributed by atoms with Crippen LogP contribution in [0.25, 0.3) is 0 Å². The zero-order valence-electron chi connectivity index (χ0n) is 11.8. The predicted octanol–water partition coefficient (Wildman–Crippen LogP) is 1.50. The minimum atomic E-state index is -0.793. The van der Waals surface area contributed by atoms with Gasteiger partial charge in [-0.25, -0.2) is 4.79 Å². The molecule has 2 rings (SSSR count). The second kappa shape index (κ2) is 6.92. The molecule has 1 unspecified atom stereocenters. The molecule has 1 saturated carbocycles. The van der Waals surface area contributed by atoms with Crippen LogP contribution in [0.1, 0.15) is 44.9 Å². The number of nitrogens with one attached hydrogen (secondary N) is 2. The van der Waals surface area contributed by atoms with E-state index in [2.05, 4.69) is 10.6 Å². The van der Waals surface area contributed by atoms with Crippen LogP contribution in [-0.4, -0.2) is 42.9 Å². The van der Waals surface area contributed by atoms with Gasteiger partial charge in [0.15, 0.2) is 0 Å². The molecule has 1 atom stereocenters. The van der Waals surface area contributed by atoms with E-state index in [1.807, 2.05) is 0 Å². The van der Waals surface area contributed by atoms with Gasteiger partial charge in [-0.3, -0.25) is 4.79 Å². The Morgan fingerprint density at radius 2 is 1.95 bits per heavy atom. The average Bonchev–Trinajstić information content (AvgIpc) is 2.47. The van der Waals surface area contributed by atoms with E-state index in [9.17, 15) is 14.7 Å². The third-order valence-electron chi connectivity index (χ3n) is 4.35. The largest absolute Gasteiger partial charge is 0.481 e. The highest BCUT2D eigenvalue weighted by atomic mass is 16.5. The highest BCUT2D eigenvalue weighted by Gasteiger charge is 2.39. The highest BCUT2D eigenvalue weighted by molar-refractivity contribution is 5.78. The molecule has 2 fully saturated rings. The summed E-state index contributed by atoms with van der Waals surface area (Å²) in [4.78, 5) is 23.3. The van der Waals surface area contributed by atoms with Gasteiger partial charge in [0.1, 0.15) is 0 Å². The number of hydrogen-bond acceptors (Lipinski definition) is 3. The molecule has 3 N–H and O–H groups in total. The maximum Gasteiger partial charge on any atom is 0.315 e. The second-order valence-electron chi connectivity index (χ2n) is 5.89. The fourth-order valence-corrected chi connectivity index (χ4v) is 3.04. The zero-order valence-corrected chi connectivity index (χ0v) is 11.8. The Morgan fingerprint density at radius 3 is 2.55 bits per heavy atom. The molecule has 6 heteroatoms. The van der Waals surface area contributed by atoms with E-state index >= 15 is 0 Å². The van der Waals surface area contributed by atoms with E-state index in [0.29, 0.717) is 19.4 Å². The van der Waals surface area contributed by atoms with E-state index in [1.54, 1.807) is 0 Å². The minimum Gasteiger partial charge on any atom is -0.481 e. The number of carbonyl (C=O) groups is 2. The van der Waals surface area contributed by atoms with Gasteiger partial charge in [0.25, 0.3) is 0 Å². The molecule has 6 nitrogen and oxygen atoms in total. The first-order valence-corrected chi connectivity index (χ1v) is 7.48. The fraction of sp³-hybridized carbons (Fsp3) is 0.857. The number of carboxylic acids is 1. The van der Waals surface area contributed by atoms with Gasteiger partial charge < -0.3 is 20.5 Å². The van der Waals surface area contributed by atoms with Crippen molar-refractivity contribution in [3.05, 3.63) is 0 Å². The molecule has 20 heavy (non-hydrogen) atoms. The molecule has 1 aliphatic heterocycles. The van der Waals surface area contributed by atoms with Crippen molar-refractivity contribution < 1.29 is 19.4 Å². The predicted molar refractivity (Wildman–Crippen MR) is 73.5 cm³/mol. The van der Waals surface area contributed by atoms with Crippen molar-refractivity contribution in [2.45, 2.75) is 51.0 Å².